The Morgan fingerprint density at radius 3 is 3.20 bits per heavy atom. The summed E-state index contributed by atoms with van der Waals surface area (Å²) in [5.41, 5.74) is 0. The lowest BCUT2D eigenvalue weighted by molar-refractivity contribution is 0.340. The molecule has 1 saturated heterocycles. The molecule has 0 aromatic heterocycles. The predicted molar refractivity (Wildman–Crippen MR) is 38.3 cm³/mol. The Kier molecular flexibility index (Phi) is 1.39. The third-order valence-electron chi connectivity index (χ3n) is 1.48. The zero-order valence-corrected chi connectivity index (χ0v) is 5.60. The standard InChI is InChI=1S/C6H9N3O/c1(6-2-10-6)9-4-7-3-8-5-9/h3-4,6H,1-2,5H2. The first-order valence-corrected chi connectivity index (χ1v) is 3.32. The van der Waals surface area contributed by atoms with E-state index >= 15 is 0 Å². The molecule has 0 aromatic carbocycles. The molecule has 2 heterocycles. The van der Waals surface area contributed by atoms with Crippen LogP contribution in [0.2, 0.25) is 0 Å². The average Bonchev–Trinajstić information content (AvgIpc) is 2.74. The van der Waals surface area contributed by atoms with Crippen molar-refractivity contribution in [3.05, 3.63) is 0 Å². The first-order chi connectivity index (χ1) is 4.95. The second-order valence-corrected chi connectivity index (χ2v) is 2.43. The molecule has 0 aliphatic carbocycles. The number of nitrogens with zero attached hydrogens (tertiary/aromatic N) is 3. The highest BCUT2D eigenvalue weighted by atomic mass is 16.6. The van der Waals surface area contributed by atoms with Gasteiger partial charge in [0, 0.05) is 6.54 Å². The zero-order chi connectivity index (χ0) is 6.81. The van der Waals surface area contributed by atoms with Crippen LogP contribution in [0.15, 0.2) is 9.98 Å². The summed E-state index contributed by atoms with van der Waals surface area (Å²) in [5, 5.41) is 0. The normalized spacial score (nSPS) is 29.2. The Labute approximate surface area is 59.2 Å². The van der Waals surface area contributed by atoms with Gasteiger partial charge in [-0.1, -0.05) is 0 Å². The van der Waals surface area contributed by atoms with Crippen molar-refractivity contribution in [1.29, 1.82) is 0 Å². The van der Waals surface area contributed by atoms with Crippen LogP contribution in [0.25, 0.3) is 0 Å². The van der Waals surface area contributed by atoms with E-state index in [0.717, 1.165) is 19.8 Å². The molecule has 1 fully saturated rings. The monoisotopic (exact) mass is 139 g/mol. The lowest BCUT2D eigenvalue weighted by Crippen LogP contribution is -2.28. The molecule has 54 valence electrons. The lowest BCUT2D eigenvalue weighted by Gasteiger charge is -2.16. The quantitative estimate of drug-likeness (QED) is 0.493. The van der Waals surface area contributed by atoms with Gasteiger partial charge in [-0.05, 0) is 0 Å². The number of hydrogen-bond acceptors (Lipinski definition) is 4. The van der Waals surface area contributed by atoms with E-state index < -0.39 is 0 Å². The molecule has 4 nitrogen and oxygen atoms in total. The fourth-order valence-corrected chi connectivity index (χ4v) is 0.889. The topological polar surface area (TPSA) is 40.5 Å². The highest BCUT2D eigenvalue weighted by Crippen LogP contribution is 2.10. The molecule has 10 heavy (non-hydrogen) atoms. The molecule has 2 aliphatic heterocycles. The van der Waals surface area contributed by atoms with Crippen LogP contribution >= 0.6 is 0 Å². The van der Waals surface area contributed by atoms with Gasteiger partial charge in [-0.25, -0.2) is 4.99 Å². The first-order valence-electron chi connectivity index (χ1n) is 3.32. The van der Waals surface area contributed by atoms with Crippen molar-refractivity contribution in [2.24, 2.45) is 9.98 Å². The van der Waals surface area contributed by atoms with E-state index in [-0.39, 0.29) is 0 Å². The Hall–Kier alpha value is -0.900. The minimum atomic E-state index is 0.430. The van der Waals surface area contributed by atoms with Crippen molar-refractivity contribution in [2.75, 3.05) is 19.8 Å². The van der Waals surface area contributed by atoms with Gasteiger partial charge in [-0.3, -0.25) is 4.99 Å². The molecule has 0 saturated carbocycles. The van der Waals surface area contributed by atoms with Gasteiger partial charge in [0.2, 0.25) is 0 Å². The Bertz CT molecular complexity index is 174. The first kappa shape index (κ1) is 5.85. The maximum atomic E-state index is 5.06. The van der Waals surface area contributed by atoms with Crippen molar-refractivity contribution in [3.8, 4) is 0 Å². The van der Waals surface area contributed by atoms with E-state index in [1.165, 1.54) is 0 Å². The van der Waals surface area contributed by atoms with Crippen LogP contribution in [0.1, 0.15) is 0 Å². The van der Waals surface area contributed by atoms with Crippen LogP contribution in [0.5, 0.6) is 0 Å². The summed E-state index contributed by atoms with van der Waals surface area (Å²) in [6, 6.07) is 0. The van der Waals surface area contributed by atoms with Crippen LogP contribution in [-0.2, 0) is 4.74 Å². The fraction of sp³-hybridized carbons (Fsp3) is 0.667. The van der Waals surface area contributed by atoms with Gasteiger partial charge in [0.1, 0.15) is 13.0 Å². The zero-order valence-electron chi connectivity index (χ0n) is 5.60. The smallest absolute Gasteiger partial charge is 0.113 e. The van der Waals surface area contributed by atoms with Gasteiger partial charge in [-0.2, -0.15) is 0 Å². The Morgan fingerprint density at radius 2 is 2.60 bits per heavy atom. The van der Waals surface area contributed by atoms with Crippen molar-refractivity contribution in [1.82, 2.24) is 4.90 Å². The van der Waals surface area contributed by atoms with Crippen molar-refractivity contribution < 1.29 is 4.74 Å². The number of rotatable bonds is 2. The summed E-state index contributed by atoms with van der Waals surface area (Å²) in [5.74, 6) is 0. The molecule has 2 rings (SSSR count). The summed E-state index contributed by atoms with van der Waals surface area (Å²) >= 11 is 0. The Morgan fingerprint density at radius 1 is 1.70 bits per heavy atom. The molecule has 0 spiro atoms. The molecule has 1 unspecified atom stereocenters. The third-order valence-corrected chi connectivity index (χ3v) is 1.48. The maximum Gasteiger partial charge on any atom is 0.113 e. The van der Waals surface area contributed by atoms with Crippen molar-refractivity contribution in [2.45, 2.75) is 6.10 Å². The SMILES string of the molecule is C1=NC=NCN1CC1CO1. The number of epoxide rings is 1. The van der Waals surface area contributed by atoms with E-state index in [1.807, 2.05) is 4.90 Å². The molecule has 0 bridgehead atoms. The van der Waals surface area contributed by atoms with Crippen molar-refractivity contribution in [3.63, 3.8) is 0 Å². The summed E-state index contributed by atoms with van der Waals surface area (Å²) in [6.07, 6.45) is 3.80. The second kappa shape index (κ2) is 2.38. The number of ether oxygens (including phenoxy) is 1. The van der Waals surface area contributed by atoms with E-state index in [9.17, 15) is 0 Å². The molecule has 0 N–H and O–H groups in total. The van der Waals surface area contributed by atoms with Crippen LogP contribution < -0.4 is 0 Å². The largest absolute Gasteiger partial charge is 0.371 e. The summed E-state index contributed by atoms with van der Waals surface area (Å²) in [7, 11) is 0. The van der Waals surface area contributed by atoms with Gasteiger partial charge in [0.15, 0.2) is 0 Å². The fourth-order valence-electron chi connectivity index (χ4n) is 0.889. The average molecular weight is 139 g/mol. The highest BCUT2D eigenvalue weighted by molar-refractivity contribution is 5.72. The van der Waals surface area contributed by atoms with Crippen molar-refractivity contribution >= 4 is 12.7 Å². The van der Waals surface area contributed by atoms with E-state index in [2.05, 4.69) is 9.98 Å². The van der Waals surface area contributed by atoms with Gasteiger partial charge in [0.25, 0.3) is 0 Å². The molecule has 0 radical (unpaired) electrons. The molecule has 4 heteroatoms. The number of hydrogen-bond donors (Lipinski definition) is 0. The van der Waals surface area contributed by atoms with Gasteiger partial charge >= 0.3 is 0 Å². The third kappa shape index (κ3) is 1.33. The van der Waals surface area contributed by atoms with E-state index in [1.54, 1.807) is 12.7 Å². The maximum absolute atomic E-state index is 5.06. The van der Waals surface area contributed by atoms with Gasteiger partial charge in [0.05, 0.1) is 19.0 Å². The van der Waals surface area contributed by atoms with Crippen LogP contribution in [0.4, 0.5) is 0 Å². The summed E-state index contributed by atoms with van der Waals surface area (Å²) in [6.45, 7) is 2.55. The summed E-state index contributed by atoms with van der Waals surface area (Å²) in [4.78, 5) is 9.92. The van der Waals surface area contributed by atoms with Gasteiger partial charge < -0.3 is 9.64 Å². The summed E-state index contributed by atoms with van der Waals surface area (Å²) < 4.78 is 5.06. The Balaban J connectivity index is 1.81. The predicted octanol–water partition coefficient (Wildman–Crippen LogP) is -0.285. The molecule has 0 amide bonds. The minimum Gasteiger partial charge on any atom is -0.371 e. The molecule has 0 aromatic rings. The van der Waals surface area contributed by atoms with E-state index in [0.29, 0.717) is 6.10 Å². The molecular weight excluding hydrogens is 130 g/mol. The highest BCUT2D eigenvalue weighted by Gasteiger charge is 2.24. The van der Waals surface area contributed by atoms with E-state index in [4.69, 9.17) is 4.74 Å². The second-order valence-electron chi connectivity index (χ2n) is 2.43. The number of aliphatic imine (C=N–C) groups is 2. The molecule has 2 aliphatic rings. The van der Waals surface area contributed by atoms with Crippen LogP contribution in [0, 0.1) is 0 Å². The van der Waals surface area contributed by atoms with Gasteiger partial charge in [-0.15, -0.1) is 0 Å². The molecular formula is C6H9N3O. The molecule has 1 atom stereocenters. The van der Waals surface area contributed by atoms with Crippen LogP contribution in [0.3, 0.4) is 0 Å². The minimum absolute atomic E-state index is 0.430. The lowest BCUT2D eigenvalue weighted by atomic mass is 10.4. The van der Waals surface area contributed by atoms with Crippen LogP contribution in [-0.4, -0.2) is 43.5 Å².